The average Bonchev–Trinajstić information content (AvgIpc) is 2.29. The van der Waals surface area contributed by atoms with Crippen LogP contribution in [-0.2, 0) is 0 Å². The van der Waals surface area contributed by atoms with E-state index < -0.39 is 4.92 Å². The molecule has 1 N–H and O–H groups in total. The van der Waals surface area contributed by atoms with Crippen LogP contribution in [-0.4, -0.2) is 15.4 Å². The Morgan fingerprint density at radius 2 is 2.12 bits per heavy atom. The lowest BCUT2D eigenvalue weighted by Crippen LogP contribution is -2.33. The van der Waals surface area contributed by atoms with Gasteiger partial charge < -0.3 is 15.4 Å². The summed E-state index contributed by atoms with van der Waals surface area (Å²) in [6.07, 6.45) is 3.23. The van der Waals surface area contributed by atoms with E-state index in [0.29, 0.717) is 5.69 Å². The fourth-order valence-corrected chi connectivity index (χ4v) is 1.39. The molecule has 0 amide bonds. The second kappa shape index (κ2) is 4.92. The molecule has 5 heteroatoms. The third-order valence-electron chi connectivity index (χ3n) is 2.96. The van der Waals surface area contributed by atoms with E-state index in [1.807, 2.05) is 6.92 Å². The maximum atomic E-state index is 10.8. The number of hydrogen-bond acceptors (Lipinski definition) is 4. The highest BCUT2D eigenvalue weighted by atomic mass is 16.6. The third-order valence-corrected chi connectivity index (χ3v) is 2.96. The highest BCUT2D eigenvalue weighted by molar-refractivity contribution is 5.58. The van der Waals surface area contributed by atoms with Gasteiger partial charge in [0.25, 0.3) is 0 Å². The fraction of sp³-hybridized carbons (Fsp3) is 0.545. The molecule has 0 aliphatic heterocycles. The standard InChI is InChI=1S/C11H17N3O2/c1-4-11(3,5-2)13-9-7-6-8-12-10(9)14(15)16/h6-8,13H,4-5H2,1-3H3. The van der Waals surface area contributed by atoms with E-state index in [1.54, 1.807) is 12.1 Å². The van der Waals surface area contributed by atoms with Crippen LogP contribution >= 0.6 is 0 Å². The molecule has 1 rings (SSSR count). The summed E-state index contributed by atoms with van der Waals surface area (Å²) in [6.45, 7) is 6.15. The van der Waals surface area contributed by atoms with Gasteiger partial charge in [0.15, 0.2) is 0 Å². The summed E-state index contributed by atoms with van der Waals surface area (Å²) < 4.78 is 0. The number of nitrogens with zero attached hydrogens (tertiary/aromatic N) is 2. The van der Waals surface area contributed by atoms with Gasteiger partial charge in [0.2, 0.25) is 0 Å². The molecule has 0 aromatic carbocycles. The van der Waals surface area contributed by atoms with Crippen molar-refractivity contribution in [2.45, 2.75) is 39.2 Å². The Bertz CT molecular complexity index is 375. The van der Waals surface area contributed by atoms with E-state index in [0.717, 1.165) is 12.8 Å². The average molecular weight is 223 g/mol. The van der Waals surface area contributed by atoms with Crippen LogP contribution in [0, 0.1) is 10.1 Å². The maximum absolute atomic E-state index is 10.8. The van der Waals surface area contributed by atoms with Gasteiger partial charge in [-0.25, -0.2) is 0 Å². The van der Waals surface area contributed by atoms with Gasteiger partial charge in [-0.2, -0.15) is 0 Å². The highest BCUT2D eigenvalue weighted by Gasteiger charge is 2.23. The number of nitrogens with one attached hydrogen (secondary N) is 1. The van der Waals surface area contributed by atoms with Crippen molar-refractivity contribution in [1.82, 2.24) is 4.98 Å². The van der Waals surface area contributed by atoms with E-state index in [9.17, 15) is 10.1 Å². The zero-order chi connectivity index (χ0) is 12.2. The third kappa shape index (κ3) is 2.68. The molecule has 0 radical (unpaired) electrons. The summed E-state index contributed by atoms with van der Waals surface area (Å²) in [5.41, 5.74) is 0.354. The molecule has 0 aliphatic carbocycles. The van der Waals surface area contributed by atoms with Crippen molar-refractivity contribution in [3.8, 4) is 0 Å². The smallest absolute Gasteiger partial charge is 0.373 e. The van der Waals surface area contributed by atoms with E-state index in [2.05, 4.69) is 24.1 Å². The summed E-state index contributed by atoms with van der Waals surface area (Å²) >= 11 is 0. The molecule has 0 saturated heterocycles. The summed E-state index contributed by atoms with van der Waals surface area (Å²) in [5.74, 6) is -0.115. The van der Waals surface area contributed by atoms with Crippen molar-refractivity contribution in [2.75, 3.05) is 5.32 Å². The molecule has 16 heavy (non-hydrogen) atoms. The summed E-state index contributed by atoms with van der Waals surface area (Å²) in [6, 6.07) is 3.38. The lowest BCUT2D eigenvalue weighted by atomic mass is 9.95. The number of nitro groups is 1. The van der Waals surface area contributed by atoms with Crippen molar-refractivity contribution in [2.24, 2.45) is 0 Å². The second-order valence-corrected chi connectivity index (χ2v) is 4.02. The molecule has 1 aromatic heterocycles. The first-order chi connectivity index (χ1) is 7.52. The Hall–Kier alpha value is -1.65. The number of hydrogen-bond donors (Lipinski definition) is 1. The SMILES string of the molecule is CCC(C)(CC)Nc1cccnc1[N+](=O)[O-]. The summed E-state index contributed by atoms with van der Waals surface area (Å²) in [7, 11) is 0. The van der Waals surface area contributed by atoms with E-state index >= 15 is 0 Å². The first kappa shape index (κ1) is 12.4. The predicted octanol–water partition coefficient (Wildman–Crippen LogP) is 2.98. The highest BCUT2D eigenvalue weighted by Crippen LogP contribution is 2.27. The van der Waals surface area contributed by atoms with Gasteiger partial charge in [-0.15, -0.1) is 0 Å². The van der Waals surface area contributed by atoms with Gasteiger partial charge in [-0.3, -0.25) is 0 Å². The molecule has 1 heterocycles. The molecule has 88 valence electrons. The van der Waals surface area contributed by atoms with E-state index in [1.165, 1.54) is 6.20 Å². The molecule has 0 spiro atoms. The zero-order valence-electron chi connectivity index (χ0n) is 9.86. The zero-order valence-corrected chi connectivity index (χ0v) is 9.86. The minimum Gasteiger partial charge on any atom is -0.373 e. The van der Waals surface area contributed by atoms with Gasteiger partial charge >= 0.3 is 5.82 Å². The topological polar surface area (TPSA) is 68.1 Å². The van der Waals surface area contributed by atoms with E-state index in [4.69, 9.17) is 0 Å². The summed E-state index contributed by atoms with van der Waals surface area (Å²) in [5, 5.41) is 14.0. The van der Waals surface area contributed by atoms with Crippen LogP contribution in [0.25, 0.3) is 0 Å². The largest absolute Gasteiger partial charge is 0.386 e. The molecular weight excluding hydrogens is 206 g/mol. The number of pyridine rings is 1. The lowest BCUT2D eigenvalue weighted by Gasteiger charge is -2.28. The number of rotatable bonds is 5. The Morgan fingerprint density at radius 1 is 1.50 bits per heavy atom. The Morgan fingerprint density at radius 3 is 2.62 bits per heavy atom. The van der Waals surface area contributed by atoms with E-state index in [-0.39, 0.29) is 11.4 Å². The van der Waals surface area contributed by atoms with Crippen LogP contribution in [0.4, 0.5) is 11.5 Å². The van der Waals surface area contributed by atoms with Crippen molar-refractivity contribution in [3.63, 3.8) is 0 Å². The molecule has 0 fully saturated rings. The van der Waals surface area contributed by atoms with Crippen LogP contribution < -0.4 is 5.32 Å². The first-order valence-corrected chi connectivity index (χ1v) is 5.40. The molecule has 5 nitrogen and oxygen atoms in total. The Labute approximate surface area is 95.0 Å². The fourth-order valence-electron chi connectivity index (χ4n) is 1.39. The molecule has 0 aliphatic rings. The van der Waals surface area contributed by atoms with Crippen molar-refractivity contribution < 1.29 is 4.92 Å². The minimum atomic E-state index is -0.464. The molecule has 0 unspecified atom stereocenters. The minimum absolute atomic E-state index is 0.115. The Balaban J connectivity index is 3.01. The van der Waals surface area contributed by atoms with Crippen LogP contribution in [0.3, 0.4) is 0 Å². The van der Waals surface area contributed by atoms with Gasteiger partial charge in [0.05, 0.1) is 0 Å². The monoisotopic (exact) mass is 223 g/mol. The normalized spacial score (nSPS) is 11.2. The molecule has 0 atom stereocenters. The van der Waals surface area contributed by atoms with Gasteiger partial charge in [0.1, 0.15) is 11.9 Å². The summed E-state index contributed by atoms with van der Waals surface area (Å²) in [4.78, 5) is 14.1. The number of aromatic nitrogens is 1. The van der Waals surface area contributed by atoms with Crippen LogP contribution in [0.1, 0.15) is 33.6 Å². The number of anilines is 1. The second-order valence-electron chi connectivity index (χ2n) is 4.02. The molecular formula is C11H17N3O2. The first-order valence-electron chi connectivity index (χ1n) is 5.40. The molecule has 0 saturated carbocycles. The van der Waals surface area contributed by atoms with Crippen LogP contribution in [0.15, 0.2) is 18.3 Å². The Kier molecular flexibility index (Phi) is 3.82. The van der Waals surface area contributed by atoms with Crippen molar-refractivity contribution in [3.05, 3.63) is 28.4 Å². The molecule has 1 aromatic rings. The lowest BCUT2D eigenvalue weighted by molar-refractivity contribution is -0.388. The maximum Gasteiger partial charge on any atom is 0.386 e. The van der Waals surface area contributed by atoms with Gasteiger partial charge in [-0.05, 0) is 41.8 Å². The van der Waals surface area contributed by atoms with Crippen LogP contribution in [0.2, 0.25) is 0 Å². The quantitative estimate of drug-likeness (QED) is 0.615. The molecule has 0 bridgehead atoms. The van der Waals surface area contributed by atoms with Crippen LogP contribution in [0.5, 0.6) is 0 Å². The predicted molar refractivity (Wildman–Crippen MR) is 63.5 cm³/mol. The van der Waals surface area contributed by atoms with Gasteiger partial charge in [-0.1, -0.05) is 13.8 Å². The van der Waals surface area contributed by atoms with Crippen molar-refractivity contribution >= 4 is 11.5 Å². The van der Waals surface area contributed by atoms with Gasteiger partial charge in [0, 0.05) is 5.54 Å². The van der Waals surface area contributed by atoms with Crippen molar-refractivity contribution in [1.29, 1.82) is 0 Å².